The summed E-state index contributed by atoms with van der Waals surface area (Å²) in [6, 6.07) is -0.286. The van der Waals surface area contributed by atoms with E-state index in [-0.39, 0.29) is 17.9 Å². The van der Waals surface area contributed by atoms with Crippen LogP contribution < -0.4 is 5.32 Å². The van der Waals surface area contributed by atoms with Gasteiger partial charge in [-0.05, 0) is 7.05 Å². The molecule has 0 radical (unpaired) electrons. The fourth-order valence-electron chi connectivity index (χ4n) is 1.99. The molecule has 1 aromatic heterocycles. The van der Waals surface area contributed by atoms with Crippen LogP contribution >= 0.6 is 11.3 Å². The Bertz CT molecular complexity index is 434. The zero-order valence-corrected chi connectivity index (χ0v) is 11.2. The van der Waals surface area contributed by atoms with Crippen molar-refractivity contribution in [2.24, 2.45) is 0 Å². The molecule has 0 spiro atoms. The van der Waals surface area contributed by atoms with Gasteiger partial charge >= 0.3 is 0 Å². The van der Waals surface area contributed by atoms with E-state index in [4.69, 9.17) is 0 Å². The molecule has 2 rings (SSSR count). The van der Waals surface area contributed by atoms with Gasteiger partial charge in [0.05, 0.1) is 5.51 Å². The molecular formula is C11H16N4O2S. The molecule has 1 saturated heterocycles. The number of hydrogen-bond donors (Lipinski definition) is 1. The van der Waals surface area contributed by atoms with Crippen LogP contribution in [0, 0.1) is 0 Å². The van der Waals surface area contributed by atoms with Crippen molar-refractivity contribution in [2.45, 2.75) is 6.04 Å². The van der Waals surface area contributed by atoms with Gasteiger partial charge in [-0.15, -0.1) is 11.3 Å². The van der Waals surface area contributed by atoms with Crippen LogP contribution in [0.3, 0.4) is 0 Å². The quantitative estimate of drug-likeness (QED) is 0.796. The van der Waals surface area contributed by atoms with Crippen LogP contribution in [0.15, 0.2) is 10.9 Å². The summed E-state index contributed by atoms with van der Waals surface area (Å²) in [5.41, 5.74) is 2.10. The van der Waals surface area contributed by atoms with Gasteiger partial charge in [-0.25, -0.2) is 4.98 Å². The highest BCUT2D eigenvalue weighted by molar-refractivity contribution is 7.07. The van der Waals surface area contributed by atoms with Crippen molar-refractivity contribution in [1.29, 1.82) is 0 Å². The molecule has 7 heteroatoms. The summed E-state index contributed by atoms with van der Waals surface area (Å²) < 4.78 is 0. The van der Waals surface area contributed by atoms with E-state index >= 15 is 0 Å². The van der Waals surface area contributed by atoms with Crippen molar-refractivity contribution < 1.29 is 9.59 Å². The number of nitrogens with one attached hydrogen (secondary N) is 1. The minimum atomic E-state index is -0.286. The van der Waals surface area contributed by atoms with Gasteiger partial charge in [0.1, 0.15) is 11.7 Å². The van der Waals surface area contributed by atoms with Crippen LogP contribution in [0.5, 0.6) is 0 Å². The van der Waals surface area contributed by atoms with Crippen LogP contribution in [-0.4, -0.2) is 66.4 Å². The number of carbonyl (C=O) groups is 2. The third-order valence-corrected chi connectivity index (χ3v) is 3.72. The highest BCUT2D eigenvalue weighted by atomic mass is 32.1. The Balaban J connectivity index is 2.07. The average molecular weight is 268 g/mol. The summed E-state index contributed by atoms with van der Waals surface area (Å²) in [4.78, 5) is 31.5. The molecule has 1 aliphatic heterocycles. The zero-order chi connectivity index (χ0) is 13.1. The van der Waals surface area contributed by atoms with Crippen molar-refractivity contribution in [2.75, 3.05) is 33.7 Å². The van der Waals surface area contributed by atoms with Gasteiger partial charge in [-0.2, -0.15) is 0 Å². The van der Waals surface area contributed by atoms with Gasteiger partial charge in [-0.3, -0.25) is 14.5 Å². The van der Waals surface area contributed by atoms with E-state index in [1.807, 2.05) is 11.9 Å². The standard InChI is InChI=1S/C11H16N4O2S/c1-12-10(16)9-5-15(4-3-14(9)2)11(17)8-6-18-7-13-8/h6-7,9H,3-5H2,1-2H3,(H,12,16)/t9-/m1/s1. The highest BCUT2D eigenvalue weighted by Gasteiger charge is 2.32. The molecule has 1 aromatic rings. The molecule has 1 atom stereocenters. The van der Waals surface area contributed by atoms with Gasteiger partial charge in [0.15, 0.2) is 0 Å². The van der Waals surface area contributed by atoms with Gasteiger partial charge in [-0.1, -0.05) is 0 Å². The zero-order valence-electron chi connectivity index (χ0n) is 10.4. The third kappa shape index (κ3) is 2.51. The van der Waals surface area contributed by atoms with Crippen molar-refractivity contribution in [3.8, 4) is 0 Å². The second-order valence-electron chi connectivity index (χ2n) is 4.24. The van der Waals surface area contributed by atoms with E-state index < -0.39 is 0 Å². The summed E-state index contributed by atoms with van der Waals surface area (Å²) in [6.45, 7) is 1.72. The maximum Gasteiger partial charge on any atom is 0.273 e. The molecule has 1 N–H and O–H groups in total. The molecule has 0 aromatic carbocycles. The Morgan fingerprint density at radius 3 is 2.89 bits per heavy atom. The van der Waals surface area contributed by atoms with Crippen molar-refractivity contribution in [1.82, 2.24) is 20.1 Å². The Morgan fingerprint density at radius 1 is 1.50 bits per heavy atom. The molecular weight excluding hydrogens is 252 g/mol. The van der Waals surface area contributed by atoms with E-state index in [9.17, 15) is 9.59 Å². The molecule has 18 heavy (non-hydrogen) atoms. The summed E-state index contributed by atoms with van der Waals surface area (Å²) in [5.74, 6) is -0.161. The first-order valence-corrected chi connectivity index (χ1v) is 6.67. The molecule has 2 heterocycles. The van der Waals surface area contributed by atoms with Crippen molar-refractivity contribution >= 4 is 23.2 Å². The maximum atomic E-state index is 12.1. The number of nitrogens with zero attached hydrogens (tertiary/aromatic N) is 3. The lowest BCUT2D eigenvalue weighted by Crippen LogP contribution is -2.58. The molecule has 0 unspecified atom stereocenters. The molecule has 98 valence electrons. The van der Waals surface area contributed by atoms with E-state index in [0.717, 1.165) is 0 Å². The second-order valence-corrected chi connectivity index (χ2v) is 4.95. The Labute approximate surface area is 110 Å². The number of likely N-dealkylation sites (N-methyl/N-ethyl adjacent to an activating group) is 2. The minimum absolute atomic E-state index is 0.0618. The number of aromatic nitrogens is 1. The van der Waals surface area contributed by atoms with E-state index in [2.05, 4.69) is 10.3 Å². The van der Waals surface area contributed by atoms with E-state index in [0.29, 0.717) is 25.3 Å². The Kier molecular flexibility index (Phi) is 3.93. The van der Waals surface area contributed by atoms with Crippen LogP contribution in [-0.2, 0) is 4.79 Å². The normalized spacial score (nSPS) is 20.8. The first-order valence-electron chi connectivity index (χ1n) is 5.72. The smallest absolute Gasteiger partial charge is 0.273 e. The SMILES string of the molecule is CNC(=O)[C@H]1CN(C(=O)c2cscn2)CCN1C. The summed E-state index contributed by atoms with van der Waals surface area (Å²) in [6.07, 6.45) is 0. The van der Waals surface area contributed by atoms with Crippen molar-refractivity contribution in [3.63, 3.8) is 0 Å². The van der Waals surface area contributed by atoms with Crippen LogP contribution in [0.1, 0.15) is 10.5 Å². The largest absolute Gasteiger partial charge is 0.358 e. The second kappa shape index (κ2) is 5.45. The fourth-order valence-corrected chi connectivity index (χ4v) is 2.51. The molecule has 2 amide bonds. The summed E-state index contributed by atoms with van der Waals surface area (Å²) in [5, 5.41) is 4.36. The monoisotopic (exact) mass is 268 g/mol. The lowest BCUT2D eigenvalue weighted by atomic mass is 10.1. The molecule has 6 nitrogen and oxygen atoms in total. The Hall–Kier alpha value is -1.47. The number of carbonyl (C=O) groups excluding carboxylic acids is 2. The fraction of sp³-hybridized carbons (Fsp3) is 0.545. The number of thiazole rings is 1. The topological polar surface area (TPSA) is 65.5 Å². The molecule has 0 bridgehead atoms. The lowest BCUT2D eigenvalue weighted by molar-refractivity contribution is -0.127. The van der Waals surface area contributed by atoms with Crippen LogP contribution in [0.2, 0.25) is 0 Å². The summed E-state index contributed by atoms with van der Waals surface area (Å²) in [7, 11) is 3.50. The van der Waals surface area contributed by atoms with E-state index in [1.54, 1.807) is 22.8 Å². The predicted octanol–water partition coefficient (Wildman–Crippen LogP) is -0.355. The number of hydrogen-bond acceptors (Lipinski definition) is 5. The van der Waals surface area contributed by atoms with Gasteiger partial charge in [0.25, 0.3) is 5.91 Å². The van der Waals surface area contributed by atoms with Gasteiger partial charge in [0, 0.05) is 32.1 Å². The van der Waals surface area contributed by atoms with E-state index in [1.165, 1.54) is 11.3 Å². The van der Waals surface area contributed by atoms with Crippen molar-refractivity contribution in [3.05, 3.63) is 16.6 Å². The maximum absolute atomic E-state index is 12.1. The molecule has 0 saturated carbocycles. The molecule has 1 aliphatic rings. The average Bonchev–Trinajstić information content (AvgIpc) is 2.91. The number of piperazine rings is 1. The van der Waals surface area contributed by atoms with Crippen LogP contribution in [0.25, 0.3) is 0 Å². The Morgan fingerprint density at radius 2 is 2.28 bits per heavy atom. The van der Waals surface area contributed by atoms with Crippen LogP contribution in [0.4, 0.5) is 0 Å². The number of amides is 2. The van der Waals surface area contributed by atoms with Gasteiger partial charge < -0.3 is 10.2 Å². The highest BCUT2D eigenvalue weighted by Crippen LogP contribution is 2.12. The minimum Gasteiger partial charge on any atom is -0.358 e. The molecule has 1 fully saturated rings. The van der Waals surface area contributed by atoms with Gasteiger partial charge in [0.2, 0.25) is 5.91 Å². The number of rotatable bonds is 2. The third-order valence-electron chi connectivity index (χ3n) is 3.14. The predicted molar refractivity (Wildman–Crippen MR) is 68.5 cm³/mol. The first-order chi connectivity index (χ1) is 8.63. The first kappa shape index (κ1) is 13.0. The summed E-state index contributed by atoms with van der Waals surface area (Å²) >= 11 is 1.40. The molecule has 0 aliphatic carbocycles. The lowest BCUT2D eigenvalue weighted by Gasteiger charge is -2.38.